The largest absolute Gasteiger partial charge is 0.351 e. The lowest BCUT2D eigenvalue weighted by Gasteiger charge is -2.15. The molecule has 1 aromatic carbocycles. The summed E-state index contributed by atoms with van der Waals surface area (Å²) >= 11 is 12.2. The minimum atomic E-state index is 0.414. The smallest absolute Gasteiger partial charge is 0.225 e. The van der Waals surface area contributed by atoms with E-state index in [1.807, 2.05) is 24.3 Å². The van der Waals surface area contributed by atoms with Gasteiger partial charge in [0.1, 0.15) is 5.82 Å². The molecule has 3 aromatic rings. The third-order valence-corrected chi connectivity index (χ3v) is 4.91. The van der Waals surface area contributed by atoms with Crippen LogP contribution in [0.5, 0.6) is 0 Å². The van der Waals surface area contributed by atoms with E-state index in [0.29, 0.717) is 27.9 Å². The van der Waals surface area contributed by atoms with Gasteiger partial charge in [-0.05, 0) is 43.2 Å². The van der Waals surface area contributed by atoms with Crippen molar-refractivity contribution in [1.82, 2.24) is 15.0 Å². The Hall–Kier alpha value is -2.37. The first-order valence-electron chi connectivity index (χ1n) is 8.96. The summed E-state index contributed by atoms with van der Waals surface area (Å²) in [7, 11) is 0. The standard InChI is InChI=1S/C20H19Cl2N5/c21-13-9-14(22)11-16(10-13)24-19-12-18(17-7-3-4-8-23-17)26-20(27-19)25-15-5-1-2-6-15/h3-4,7-12,15H,1-2,5-6H2,(H2,24,25,26,27). The second kappa shape index (κ2) is 8.11. The van der Waals surface area contributed by atoms with Crippen LogP contribution >= 0.6 is 23.2 Å². The fourth-order valence-electron chi connectivity index (χ4n) is 3.25. The highest BCUT2D eigenvalue weighted by Crippen LogP contribution is 2.28. The molecule has 0 spiro atoms. The molecule has 7 heteroatoms. The molecule has 0 amide bonds. The first-order valence-corrected chi connectivity index (χ1v) is 9.71. The van der Waals surface area contributed by atoms with E-state index in [-0.39, 0.29) is 0 Å². The van der Waals surface area contributed by atoms with Crippen molar-refractivity contribution in [2.24, 2.45) is 0 Å². The Morgan fingerprint density at radius 3 is 2.37 bits per heavy atom. The second-order valence-electron chi connectivity index (χ2n) is 6.59. The van der Waals surface area contributed by atoms with Gasteiger partial charge in [-0.2, -0.15) is 4.98 Å². The van der Waals surface area contributed by atoms with Crippen LogP contribution < -0.4 is 10.6 Å². The lowest BCUT2D eigenvalue weighted by Crippen LogP contribution is -2.17. The van der Waals surface area contributed by atoms with E-state index in [4.69, 9.17) is 23.2 Å². The van der Waals surface area contributed by atoms with E-state index in [1.165, 1.54) is 12.8 Å². The molecule has 27 heavy (non-hydrogen) atoms. The molecule has 4 rings (SSSR count). The lowest BCUT2D eigenvalue weighted by atomic mass is 10.2. The summed E-state index contributed by atoms with van der Waals surface area (Å²) in [6.07, 6.45) is 6.52. The normalized spacial score (nSPS) is 14.3. The van der Waals surface area contributed by atoms with Crippen LogP contribution in [0.25, 0.3) is 11.4 Å². The third-order valence-electron chi connectivity index (χ3n) is 4.48. The molecule has 2 heterocycles. The highest BCUT2D eigenvalue weighted by Gasteiger charge is 2.17. The zero-order valence-electron chi connectivity index (χ0n) is 14.6. The topological polar surface area (TPSA) is 62.7 Å². The number of halogens is 2. The predicted molar refractivity (Wildman–Crippen MR) is 111 cm³/mol. The van der Waals surface area contributed by atoms with Crippen molar-refractivity contribution >= 4 is 40.7 Å². The van der Waals surface area contributed by atoms with Crippen LogP contribution in [-0.2, 0) is 0 Å². The van der Waals surface area contributed by atoms with Crippen molar-refractivity contribution in [2.45, 2.75) is 31.7 Å². The Morgan fingerprint density at radius 2 is 1.67 bits per heavy atom. The van der Waals surface area contributed by atoms with Gasteiger partial charge < -0.3 is 10.6 Å². The zero-order valence-corrected chi connectivity index (χ0v) is 16.1. The van der Waals surface area contributed by atoms with Crippen molar-refractivity contribution in [3.05, 3.63) is 58.7 Å². The molecule has 0 atom stereocenters. The maximum atomic E-state index is 6.11. The minimum Gasteiger partial charge on any atom is -0.351 e. The average molecular weight is 400 g/mol. The molecule has 0 radical (unpaired) electrons. The van der Waals surface area contributed by atoms with E-state index in [0.717, 1.165) is 29.9 Å². The van der Waals surface area contributed by atoms with Gasteiger partial charge in [-0.25, -0.2) is 4.98 Å². The van der Waals surface area contributed by atoms with E-state index in [9.17, 15) is 0 Å². The monoisotopic (exact) mass is 399 g/mol. The summed E-state index contributed by atoms with van der Waals surface area (Å²) in [5, 5.41) is 7.86. The van der Waals surface area contributed by atoms with Gasteiger partial charge in [-0.1, -0.05) is 42.1 Å². The number of hydrogen-bond acceptors (Lipinski definition) is 5. The van der Waals surface area contributed by atoms with Gasteiger partial charge in [0.15, 0.2) is 0 Å². The molecule has 1 fully saturated rings. The van der Waals surface area contributed by atoms with Crippen molar-refractivity contribution in [1.29, 1.82) is 0 Å². The van der Waals surface area contributed by atoms with Gasteiger partial charge in [-0.15, -0.1) is 0 Å². The maximum absolute atomic E-state index is 6.11. The van der Waals surface area contributed by atoms with Crippen LogP contribution in [0.15, 0.2) is 48.7 Å². The number of benzene rings is 1. The van der Waals surface area contributed by atoms with Gasteiger partial charge >= 0.3 is 0 Å². The second-order valence-corrected chi connectivity index (χ2v) is 7.46. The Balaban J connectivity index is 1.68. The number of aromatic nitrogens is 3. The van der Waals surface area contributed by atoms with Crippen LogP contribution in [-0.4, -0.2) is 21.0 Å². The quantitative estimate of drug-likeness (QED) is 0.555. The molecular formula is C20H19Cl2N5. The van der Waals surface area contributed by atoms with Gasteiger partial charge in [0, 0.05) is 34.0 Å². The Kier molecular flexibility index (Phi) is 5.41. The summed E-state index contributed by atoms with van der Waals surface area (Å²) in [6, 6.07) is 13.4. The lowest BCUT2D eigenvalue weighted by molar-refractivity contribution is 0.744. The van der Waals surface area contributed by atoms with E-state index in [1.54, 1.807) is 24.4 Å². The molecule has 0 aliphatic heterocycles. The molecule has 1 saturated carbocycles. The molecule has 138 valence electrons. The van der Waals surface area contributed by atoms with Crippen LogP contribution in [0.4, 0.5) is 17.5 Å². The van der Waals surface area contributed by atoms with E-state index < -0.39 is 0 Å². The fourth-order valence-corrected chi connectivity index (χ4v) is 3.77. The SMILES string of the molecule is Clc1cc(Cl)cc(Nc2cc(-c3ccccn3)nc(NC3CCCC3)n2)c1. The summed E-state index contributed by atoms with van der Waals surface area (Å²) in [5.41, 5.74) is 2.31. The van der Waals surface area contributed by atoms with Gasteiger partial charge in [0.25, 0.3) is 0 Å². The first kappa shape index (κ1) is 18.0. The number of anilines is 3. The number of hydrogen-bond donors (Lipinski definition) is 2. The van der Waals surface area contributed by atoms with Crippen molar-refractivity contribution in [3.8, 4) is 11.4 Å². The number of nitrogens with one attached hydrogen (secondary N) is 2. The summed E-state index contributed by atoms with van der Waals surface area (Å²) in [5.74, 6) is 1.25. The van der Waals surface area contributed by atoms with Crippen LogP contribution in [0, 0.1) is 0 Å². The van der Waals surface area contributed by atoms with Crippen molar-refractivity contribution in [2.75, 3.05) is 10.6 Å². The van der Waals surface area contributed by atoms with E-state index in [2.05, 4.69) is 25.6 Å². The van der Waals surface area contributed by atoms with Gasteiger partial charge in [0.2, 0.25) is 5.95 Å². The van der Waals surface area contributed by atoms with Crippen molar-refractivity contribution in [3.63, 3.8) is 0 Å². The Morgan fingerprint density at radius 1 is 0.889 bits per heavy atom. The average Bonchev–Trinajstić information content (AvgIpc) is 3.14. The predicted octanol–water partition coefficient (Wildman–Crippen LogP) is 5.94. The molecule has 5 nitrogen and oxygen atoms in total. The number of rotatable bonds is 5. The van der Waals surface area contributed by atoms with Crippen LogP contribution in [0.2, 0.25) is 10.0 Å². The van der Waals surface area contributed by atoms with Gasteiger partial charge in [-0.3, -0.25) is 4.98 Å². The molecule has 1 aliphatic carbocycles. The molecular weight excluding hydrogens is 381 g/mol. The fraction of sp³-hybridized carbons (Fsp3) is 0.250. The number of nitrogens with zero attached hydrogens (tertiary/aromatic N) is 3. The van der Waals surface area contributed by atoms with Crippen molar-refractivity contribution < 1.29 is 0 Å². The molecule has 2 N–H and O–H groups in total. The van der Waals surface area contributed by atoms with Gasteiger partial charge in [0.05, 0.1) is 11.4 Å². The van der Waals surface area contributed by atoms with E-state index >= 15 is 0 Å². The maximum Gasteiger partial charge on any atom is 0.225 e. The first-order chi connectivity index (χ1) is 13.2. The Bertz CT molecular complexity index is 907. The Labute approximate surface area is 168 Å². The highest BCUT2D eigenvalue weighted by molar-refractivity contribution is 6.35. The molecule has 0 saturated heterocycles. The highest BCUT2D eigenvalue weighted by atomic mass is 35.5. The molecule has 0 unspecified atom stereocenters. The third kappa shape index (κ3) is 4.67. The molecule has 0 bridgehead atoms. The minimum absolute atomic E-state index is 0.414. The number of pyridine rings is 1. The van der Waals surface area contributed by atoms with Crippen LogP contribution in [0.1, 0.15) is 25.7 Å². The molecule has 2 aromatic heterocycles. The van der Waals surface area contributed by atoms with Crippen LogP contribution in [0.3, 0.4) is 0 Å². The summed E-state index contributed by atoms with van der Waals surface area (Å²) in [4.78, 5) is 13.7. The summed E-state index contributed by atoms with van der Waals surface area (Å²) in [6.45, 7) is 0. The zero-order chi connectivity index (χ0) is 18.6. The summed E-state index contributed by atoms with van der Waals surface area (Å²) < 4.78 is 0. The molecule has 1 aliphatic rings.